The lowest BCUT2D eigenvalue weighted by Crippen LogP contribution is -2.14. The molecule has 0 unspecified atom stereocenters. The van der Waals surface area contributed by atoms with Crippen LogP contribution in [0.25, 0.3) is 11.3 Å². The van der Waals surface area contributed by atoms with E-state index in [2.05, 4.69) is 10.3 Å². The largest absolute Gasteiger partial charge is 0.319 e. The molecule has 1 heterocycles. The van der Waals surface area contributed by atoms with Crippen LogP contribution in [0.1, 0.15) is 15.9 Å². The summed E-state index contributed by atoms with van der Waals surface area (Å²) in [6.07, 6.45) is 1.34. The number of amides is 1. The van der Waals surface area contributed by atoms with Crippen LogP contribution in [-0.2, 0) is 0 Å². The SMILES string of the molecule is Cc1ccccc1-c1ccc(C(=O)Nc2ccc(F)c(F)c2F)cn1. The number of hydrogen-bond acceptors (Lipinski definition) is 2. The summed E-state index contributed by atoms with van der Waals surface area (Å²) in [6.45, 7) is 1.95. The second-order valence-corrected chi connectivity index (χ2v) is 5.42. The molecule has 0 aliphatic rings. The van der Waals surface area contributed by atoms with Crippen molar-refractivity contribution in [3.63, 3.8) is 0 Å². The Hall–Kier alpha value is -3.15. The number of halogens is 3. The third-order valence-electron chi connectivity index (χ3n) is 3.73. The van der Waals surface area contributed by atoms with E-state index in [0.717, 1.165) is 23.3 Å². The van der Waals surface area contributed by atoms with Crippen molar-refractivity contribution in [2.24, 2.45) is 0 Å². The monoisotopic (exact) mass is 342 g/mol. The predicted octanol–water partition coefficient (Wildman–Crippen LogP) is 4.73. The molecule has 0 saturated heterocycles. The van der Waals surface area contributed by atoms with Gasteiger partial charge in [-0.15, -0.1) is 0 Å². The third-order valence-corrected chi connectivity index (χ3v) is 3.73. The second kappa shape index (κ2) is 6.76. The number of aromatic nitrogens is 1. The average Bonchev–Trinajstić information content (AvgIpc) is 2.63. The maximum Gasteiger partial charge on any atom is 0.257 e. The summed E-state index contributed by atoms with van der Waals surface area (Å²) < 4.78 is 39.8. The Morgan fingerprint density at radius 3 is 2.40 bits per heavy atom. The lowest BCUT2D eigenvalue weighted by atomic mass is 10.0. The number of carbonyl (C=O) groups is 1. The molecule has 0 atom stereocenters. The number of hydrogen-bond donors (Lipinski definition) is 1. The van der Waals surface area contributed by atoms with Crippen LogP contribution in [0.5, 0.6) is 0 Å². The van der Waals surface area contributed by atoms with Gasteiger partial charge >= 0.3 is 0 Å². The molecule has 0 aliphatic carbocycles. The zero-order valence-corrected chi connectivity index (χ0v) is 13.2. The van der Waals surface area contributed by atoms with E-state index in [0.29, 0.717) is 5.69 Å². The van der Waals surface area contributed by atoms with Crippen LogP contribution >= 0.6 is 0 Å². The van der Waals surface area contributed by atoms with E-state index < -0.39 is 29.0 Å². The maximum absolute atomic E-state index is 13.6. The van der Waals surface area contributed by atoms with Crippen molar-refractivity contribution < 1.29 is 18.0 Å². The lowest BCUT2D eigenvalue weighted by molar-refractivity contribution is 0.102. The zero-order chi connectivity index (χ0) is 18.0. The van der Waals surface area contributed by atoms with Gasteiger partial charge in [0.1, 0.15) is 0 Å². The van der Waals surface area contributed by atoms with Crippen LogP contribution in [-0.4, -0.2) is 10.9 Å². The Balaban J connectivity index is 1.82. The van der Waals surface area contributed by atoms with E-state index in [4.69, 9.17) is 0 Å². The fourth-order valence-corrected chi connectivity index (χ4v) is 2.36. The zero-order valence-electron chi connectivity index (χ0n) is 13.2. The average molecular weight is 342 g/mol. The van der Waals surface area contributed by atoms with Gasteiger partial charge in [-0.25, -0.2) is 13.2 Å². The van der Waals surface area contributed by atoms with E-state index in [-0.39, 0.29) is 5.56 Å². The Kier molecular flexibility index (Phi) is 4.52. The quantitative estimate of drug-likeness (QED) is 0.700. The lowest BCUT2D eigenvalue weighted by Gasteiger charge is -2.08. The number of carbonyl (C=O) groups excluding carboxylic acids is 1. The summed E-state index contributed by atoms with van der Waals surface area (Å²) in [4.78, 5) is 16.4. The van der Waals surface area contributed by atoms with Crippen molar-refractivity contribution >= 4 is 11.6 Å². The molecule has 0 saturated carbocycles. The first-order chi connectivity index (χ1) is 12.0. The van der Waals surface area contributed by atoms with Crippen molar-refractivity contribution in [1.29, 1.82) is 0 Å². The molecule has 0 spiro atoms. The highest BCUT2D eigenvalue weighted by molar-refractivity contribution is 6.04. The molecule has 2 aromatic carbocycles. The summed E-state index contributed by atoms with van der Waals surface area (Å²) in [5.74, 6) is -5.07. The van der Waals surface area contributed by atoms with Crippen molar-refractivity contribution in [1.82, 2.24) is 4.98 Å². The van der Waals surface area contributed by atoms with Gasteiger partial charge in [0, 0.05) is 11.8 Å². The Bertz CT molecular complexity index is 940. The number of nitrogens with one attached hydrogen (secondary N) is 1. The van der Waals surface area contributed by atoms with Gasteiger partial charge in [0.2, 0.25) is 0 Å². The van der Waals surface area contributed by atoms with Crippen LogP contribution in [0.3, 0.4) is 0 Å². The first-order valence-corrected chi connectivity index (χ1v) is 7.44. The van der Waals surface area contributed by atoms with E-state index in [9.17, 15) is 18.0 Å². The molecular formula is C19H13F3N2O. The fraction of sp³-hybridized carbons (Fsp3) is 0.0526. The fourth-order valence-electron chi connectivity index (χ4n) is 2.36. The predicted molar refractivity (Wildman–Crippen MR) is 88.7 cm³/mol. The Morgan fingerprint density at radius 1 is 0.960 bits per heavy atom. The minimum atomic E-state index is -1.63. The molecule has 6 heteroatoms. The molecule has 25 heavy (non-hydrogen) atoms. The molecule has 3 rings (SSSR count). The molecule has 126 valence electrons. The van der Waals surface area contributed by atoms with Crippen LogP contribution in [0, 0.1) is 24.4 Å². The Labute approximate surface area is 142 Å². The van der Waals surface area contributed by atoms with E-state index in [1.165, 1.54) is 12.3 Å². The van der Waals surface area contributed by atoms with Gasteiger partial charge in [-0.1, -0.05) is 24.3 Å². The first-order valence-electron chi connectivity index (χ1n) is 7.44. The van der Waals surface area contributed by atoms with Crippen LogP contribution < -0.4 is 5.32 Å². The van der Waals surface area contributed by atoms with Gasteiger partial charge in [-0.3, -0.25) is 9.78 Å². The van der Waals surface area contributed by atoms with Crippen LogP contribution in [0.4, 0.5) is 18.9 Å². The van der Waals surface area contributed by atoms with Crippen LogP contribution in [0.2, 0.25) is 0 Å². The number of benzene rings is 2. The van der Waals surface area contributed by atoms with Gasteiger partial charge < -0.3 is 5.32 Å². The number of pyridine rings is 1. The number of anilines is 1. The van der Waals surface area contributed by atoms with Gasteiger partial charge in [0.25, 0.3) is 5.91 Å². The molecule has 0 radical (unpaired) electrons. The molecule has 3 aromatic rings. The van der Waals surface area contributed by atoms with Gasteiger partial charge in [-0.05, 0) is 36.8 Å². The smallest absolute Gasteiger partial charge is 0.257 e. The summed E-state index contributed by atoms with van der Waals surface area (Å²) in [5, 5.41) is 2.20. The normalized spacial score (nSPS) is 10.6. The minimum Gasteiger partial charge on any atom is -0.319 e. The molecule has 3 nitrogen and oxygen atoms in total. The Morgan fingerprint density at radius 2 is 1.72 bits per heavy atom. The molecule has 1 amide bonds. The molecule has 0 aliphatic heterocycles. The number of rotatable bonds is 3. The van der Waals surface area contributed by atoms with E-state index in [1.54, 1.807) is 6.07 Å². The topological polar surface area (TPSA) is 42.0 Å². The van der Waals surface area contributed by atoms with E-state index in [1.807, 2.05) is 31.2 Å². The highest BCUT2D eigenvalue weighted by Gasteiger charge is 2.16. The highest BCUT2D eigenvalue weighted by atomic mass is 19.2. The third kappa shape index (κ3) is 3.38. The minimum absolute atomic E-state index is 0.168. The molecule has 1 aromatic heterocycles. The van der Waals surface area contributed by atoms with Gasteiger partial charge in [-0.2, -0.15) is 0 Å². The summed E-state index contributed by atoms with van der Waals surface area (Å²) in [6, 6.07) is 12.6. The van der Waals surface area contributed by atoms with Crippen molar-refractivity contribution in [2.45, 2.75) is 6.92 Å². The van der Waals surface area contributed by atoms with Crippen LogP contribution in [0.15, 0.2) is 54.7 Å². The van der Waals surface area contributed by atoms with Gasteiger partial charge in [0.15, 0.2) is 17.5 Å². The van der Waals surface area contributed by atoms with Crippen molar-refractivity contribution in [3.05, 3.63) is 83.3 Å². The van der Waals surface area contributed by atoms with Gasteiger partial charge in [0.05, 0.1) is 16.9 Å². The van der Waals surface area contributed by atoms with Crippen molar-refractivity contribution in [3.8, 4) is 11.3 Å². The van der Waals surface area contributed by atoms with Crippen molar-refractivity contribution in [2.75, 3.05) is 5.32 Å². The maximum atomic E-state index is 13.6. The number of aryl methyl sites for hydroxylation is 1. The second-order valence-electron chi connectivity index (χ2n) is 5.42. The summed E-state index contributed by atoms with van der Waals surface area (Å²) >= 11 is 0. The summed E-state index contributed by atoms with van der Waals surface area (Å²) in [7, 11) is 0. The first kappa shape index (κ1) is 16.7. The van der Waals surface area contributed by atoms with E-state index >= 15 is 0 Å². The standard InChI is InChI=1S/C19H13F3N2O/c1-11-4-2-3-5-13(11)15-8-6-12(10-23-15)19(25)24-16-9-7-14(20)17(21)18(16)22/h2-10H,1H3,(H,24,25). The molecule has 1 N–H and O–H groups in total. The highest BCUT2D eigenvalue weighted by Crippen LogP contribution is 2.22. The molecular weight excluding hydrogens is 329 g/mol. The summed E-state index contributed by atoms with van der Waals surface area (Å²) in [5.41, 5.74) is 2.39. The molecule has 0 fully saturated rings. The number of nitrogens with zero attached hydrogens (tertiary/aromatic N) is 1. The molecule has 0 bridgehead atoms.